The predicted octanol–water partition coefficient (Wildman–Crippen LogP) is 2.99. The van der Waals surface area contributed by atoms with E-state index in [0.29, 0.717) is 0 Å². The van der Waals surface area contributed by atoms with E-state index in [4.69, 9.17) is 4.74 Å². The largest absolute Gasteiger partial charge is 0.444 e. The molecule has 8 nitrogen and oxygen atoms in total. The highest BCUT2D eigenvalue weighted by Crippen LogP contribution is 2.22. The van der Waals surface area contributed by atoms with Crippen LogP contribution < -0.4 is 11.0 Å². The number of tetrazole rings is 1. The smallest absolute Gasteiger partial charge is 0.407 e. The molecule has 0 saturated carbocycles. The predicted molar refractivity (Wildman–Crippen MR) is 98.9 cm³/mol. The van der Waals surface area contributed by atoms with Crippen LogP contribution in [0.2, 0.25) is 0 Å². The molecular formula is C15H18BrF2N5O3S. The van der Waals surface area contributed by atoms with Crippen LogP contribution in [0.15, 0.2) is 32.4 Å². The van der Waals surface area contributed by atoms with Crippen molar-refractivity contribution in [1.82, 2.24) is 25.1 Å². The quantitative estimate of drug-likeness (QED) is 0.707. The summed E-state index contributed by atoms with van der Waals surface area (Å²) >= 11 is 4.74. The third kappa shape index (κ3) is 6.54. The average Bonchev–Trinajstić information content (AvgIpc) is 3.09. The SMILES string of the molecule is CC(C)(C)OC(=O)NCC(Cn1nnn(Cc2ccc(Br)s2)c1=O)=C(F)F. The summed E-state index contributed by atoms with van der Waals surface area (Å²) in [7, 11) is 0. The van der Waals surface area contributed by atoms with Crippen molar-refractivity contribution >= 4 is 33.4 Å². The van der Waals surface area contributed by atoms with Gasteiger partial charge < -0.3 is 10.1 Å². The van der Waals surface area contributed by atoms with E-state index in [0.717, 1.165) is 18.0 Å². The molecule has 0 unspecified atom stereocenters. The van der Waals surface area contributed by atoms with Gasteiger partial charge in [0.2, 0.25) is 0 Å². The Bertz CT molecular complexity index is 896. The summed E-state index contributed by atoms with van der Waals surface area (Å²) in [4.78, 5) is 24.7. The third-order valence-corrected chi connectivity index (χ3v) is 4.69. The zero-order valence-corrected chi connectivity index (χ0v) is 17.2. The first-order valence-corrected chi connectivity index (χ1v) is 9.41. The first kappa shape index (κ1) is 21.2. The maximum atomic E-state index is 13.2. The number of nitrogens with one attached hydrogen (secondary N) is 1. The van der Waals surface area contributed by atoms with Gasteiger partial charge in [-0.2, -0.15) is 18.1 Å². The van der Waals surface area contributed by atoms with E-state index in [1.807, 2.05) is 12.1 Å². The van der Waals surface area contributed by atoms with Crippen molar-refractivity contribution in [3.63, 3.8) is 0 Å². The third-order valence-electron chi connectivity index (χ3n) is 3.08. The second-order valence-electron chi connectivity index (χ2n) is 6.50. The van der Waals surface area contributed by atoms with Gasteiger partial charge in [-0.1, -0.05) is 0 Å². The molecule has 1 amide bonds. The first-order chi connectivity index (χ1) is 12.5. The highest BCUT2D eigenvalue weighted by Gasteiger charge is 2.18. The summed E-state index contributed by atoms with van der Waals surface area (Å²) in [5.74, 6) is 0. The number of hydrogen-bond acceptors (Lipinski definition) is 6. The van der Waals surface area contributed by atoms with Crippen molar-refractivity contribution in [2.75, 3.05) is 6.54 Å². The van der Waals surface area contributed by atoms with E-state index in [-0.39, 0.29) is 6.54 Å². The fourth-order valence-corrected chi connectivity index (χ4v) is 3.41. The number of carbonyl (C=O) groups excluding carboxylic acids is 1. The molecule has 0 aromatic carbocycles. The van der Waals surface area contributed by atoms with E-state index < -0.39 is 42.1 Å². The molecule has 1 N–H and O–H groups in total. The second kappa shape index (κ2) is 8.74. The van der Waals surface area contributed by atoms with E-state index in [1.165, 1.54) is 11.3 Å². The first-order valence-electron chi connectivity index (χ1n) is 7.80. The number of rotatable bonds is 6. The lowest BCUT2D eigenvalue weighted by Gasteiger charge is -2.19. The summed E-state index contributed by atoms with van der Waals surface area (Å²) in [6.45, 7) is 4.18. The van der Waals surface area contributed by atoms with Crippen LogP contribution in [0.1, 0.15) is 25.6 Å². The molecule has 0 bridgehead atoms. The van der Waals surface area contributed by atoms with Crippen molar-refractivity contribution in [3.05, 3.63) is 42.9 Å². The van der Waals surface area contributed by atoms with Crippen LogP contribution >= 0.6 is 27.3 Å². The summed E-state index contributed by atoms with van der Waals surface area (Å²) in [6, 6.07) is 3.65. The molecule has 12 heteroatoms. The number of amides is 1. The minimum Gasteiger partial charge on any atom is -0.444 e. The maximum absolute atomic E-state index is 13.2. The highest BCUT2D eigenvalue weighted by atomic mass is 79.9. The Labute approximate surface area is 165 Å². The van der Waals surface area contributed by atoms with Crippen molar-refractivity contribution in [2.45, 2.75) is 39.5 Å². The molecule has 0 saturated heterocycles. The number of alkyl carbamates (subject to hydrolysis) is 1. The topological polar surface area (TPSA) is 91.0 Å². The Hall–Kier alpha value is -2.08. The summed E-state index contributed by atoms with van der Waals surface area (Å²) < 4.78 is 34.1. The monoisotopic (exact) mass is 465 g/mol. The highest BCUT2D eigenvalue weighted by molar-refractivity contribution is 9.11. The average molecular weight is 466 g/mol. The lowest BCUT2D eigenvalue weighted by molar-refractivity contribution is 0.0531. The molecule has 2 aromatic rings. The van der Waals surface area contributed by atoms with Gasteiger partial charge in [0.15, 0.2) is 0 Å². The molecule has 0 aliphatic heterocycles. The second-order valence-corrected chi connectivity index (χ2v) is 9.05. The normalized spacial score (nSPS) is 11.3. The molecule has 0 fully saturated rings. The van der Waals surface area contributed by atoms with Crippen molar-refractivity contribution in [2.24, 2.45) is 0 Å². The minimum atomic E-state index is -2.00. The summed E-state index contributed by atoms with van der Waals surface area (Å²) in [5, 5.41) is 9.57. The Kier molecular flexibility index (Phi) is 6.87. The number of aromatic nitrogens is 4. The van der Waals surface area contributed by atoms with Gasteiger partial charge in [-0.25, -0.2) is 9.59 Å². The maximum Gasteiger partial charge on any atom is 0.407 e. The van der Waals surface area contributed by atoms with Gasteiger partial charge >= 0.3 is 11.8 Å². The Balaban J connectivity index is 2.04. The molecule has 2 aromatic heterocycles. The molecule has 0 aliphatic rings. The van der Waals surface area contributed by atoms with Crippen LogP contribution in [0, 0.1) is 0 Å². The van der Waals surface area contributed by atoms with Crippen LogP contribution in [0.4, 0.5) is 13.6 Å². The number of hydrogen-bond donors (Lipinski definition) is 1. The fraction of sp³-hybridized carbons (Fsp3) is 0.467. The minimum absolute atomic E-state index is 0.183. The molecule has 2 rings (SSSR count). The molecule has 0 spiro atoms. The number of halogens is 3. The number of nitrogens with zero attached hydrogens (tertiary/aromatic N) is 4. The number of thiophene rings is 1. The summed E-state index contributed by atoms with van der Waals surface area (Å²) in [5.41, 5.74) is -1.84. The van der Waals surface area contributed by atoms with Crippen molar-refractivity contribution < 1.29 is 18.3 Å². The van der Waals surface area contributed by atoms with Gasteiger partial charge in [-0.15, -0.1) is 11.3 Å². The van der Waals surface area contributed by atoms with E-state index >= 15 is 0 Å². The lowest BCUT2D eigenvalue weighted by Crippen LogP contribution is -2.35. The van der Waals surface area contributed by atoms with E-state index in [1.54, 1.807) is 20.8 Å². The number of ether oxygens (including phenoxy) is 1. The number of carbonyl (C=O) groups is 1. The zero-order chi connectivity index (χ0) is 20.2. The van der Waals surface area contributed by atoms with Gasteiger partial charge in [-0.3, -0.25) is 0 Å². The Morgan fingerprint density at radius 1 is 1.30 bits per heavy atom. The molecule has 27 heavy (non-hydrogen) atoms. The van der Waals surface area contributed by atoms with Gasteiger partial charge in [0.05, 0.1) is 16.9 Å². The van der Waals surface area contributed by atoms with Crippen LogP contribution in [-0.4, -0.2) is 38.0 Å². The lowest BCUT2D eigenvalue weighted by atomic mass is 10.2. The van der Waals surface area contributed by atoms with Crippen LogP contribution in [0.5, 0.6) is 0 Å². The molecule has 0 atom stereocenters. The van der Waals surface area contributed by atoms with Gasteiger partial charge in [0, 0.05) is 17.0 Å². The van der Waals surface area contributed by atoms with Crippen LogP contribution in [0.3, 0.4) is 0 Å². The van der Waals surface area contributed by atoms with Crippen LogP contribution in [-0.2, 0) is 17.8 Å². The van der Waals surface area contributed by atoms with Crippen molar-refractivity contribution in [1.29, 1.82) is 0 Å². The Morgan fingerprint density at radius 2 is 1.96 bits per heavy atom. The zero-order valence-electron chi connectivity index (χ0n) is 14.8. The molecule has 2 heterocycles. The molecule has 148 valence electrons. The molecule has 0 radical (unpaired) electrons. The van der Waals surface area contributed by atoms with Gasteiger partial charge in [0.25, 0.3) is 6.08 Å². The molecular weight excluding hydrogens is 448 g/mol. The standard InChI is InChI=1S/C15H18BrF2N5O3S/c1-15(2,3)26-13(24)19-6-9(12(17)18)7-22-14(25)23(21-20-22)8-10-4-5-11(16)27-10/h4-5H,6-8H2,1-3H3,(H,19,24). The fourth-order valence-electron chi connectivity index (χ4n) is 1.95. The van der Waals surface area contributed by atoms with Crippen molar-refractivity contribution in [3.8, 4) is 0 Å². The summed E-state index contributed by atoms with van der Waals surface area (Å²) in [6.07, 6.45) is -2.84. The molecule has 0 aliphatic carbocycles. The van der Waals surface area contributed by atoms with Gasteiger partial charge in [-0.05, 0) is 59.3 Å². The van der Waals surface area contributed by atoms with Gasteiger partial charge in [0.1, 0.15) is 5.60 Å². The van der Waals surface area contributed by atoms with E-state index in [9.17, 15) is 18.4 Å². The Morgan fingerprint density at radius 3 is 2.52 bits per heavy atom. The van der Waals surface area contributed by atoms with Crippen LogP contribution in [0.25, 0.3) is 0 Å². The van der Waals surface area contributed by atoms with E-state index in [2.05, 4.69) is 31.7 Å².